The van der Waals surface area contributed by atoms with Crippen molar-refractivity contribution in [2.45, 2.75) is 32.9 Å². The Morgan fingerprint density at radius 3 is 2.57 bits per heavy atom. The molecule has 0 saturated carbocycles. The molecule has 8 heteroatoms. The molecule has 0 aliphatic carbocycles. The number of hydrogen-bond donors (Lipinski definition) is 0. The number of carbonyl (C=O) groups is 1. The van der Waals surface area contributed by atoms with Crippen LogP contribution in [0, 0.1) is 0 Å². The molecule has 0 N–H and O–H groups in total. The quantitative estimate of drug-likeness (QED) is 0.597. The molecule has 0 fully saturated rings. The summed E-state index contributed by atoms with van der Waals surface area (Å²) in [4.78, 5) is 15.2. The van der Waals surface area contributed by atoms with Crippen LogP contribution in [0.2, 0.25) is 0 Å². The molecular formula is C13H16F3NO4. The Labute approximate surface area is 120 Å². The lowest BCUT2D eigenvalue weighted by atomic mass is 10.1. The van der Waals surface area contributed by atoms with E-state index in [1.807, 2.05) is 0 Å². The van der Waals surface area contributed by atoms with Crippen molar-refractivity contribution in [1.29, 1.82) is 0 Å². The van der Waals surface area contributed by atoms with Gasteiger partial charge < -0.3 is 14.2 Å². The van der Waals surface area contributed by atoms with Gasteiger partial charge in [0.25, 0.3) is 0 Å². The van der Waals surface area contributed by atoms with E-state index in [2.05, 4.69) is 4.98 Å². The van der Waals surface area contributed by atoms with E-state index in [0.717, 1.165) is 12.1 Å². The second kappa shape index (κ2) is 7.37. The molecule has 1 aromatic heterocycles. The van der Waals surface area contributed by atoms with Crippen molar-refractivity contribution >= 4 is 5.97 Å². The summed E-state index contributed by atoms with van der Waals surface area (Å²) in [5, 5.41) is 0. The molecule has 0 saturated heterocycles. The number of pyridine rings is 1. The van der Waals surface area contributed by atoms with Gasteiger partial charge >= 0.3 is 12.1 Å². The first-order valence-corrected chi connectivity index (χ1v) is 6.18. The Balaban J connectivity index is 3.09. The molecule has 1 rings (SSSR count). The maximum atomic E-state index is 12.7. The van der Waals surface area contributed by atoms with E-state index in [0.29, 0.717) is 0 Å². The van der Waals surface area contributed by atoms with Gasteiger partial charge in [0.05, 0.1) is 24.5 Å². The Morgan fingerprint density at radius 1 is 1.38 bits per heavy atom. The van der Waals surface area contributed by atoms with Gasteiger partial charge in [-0.15, -0.1) is 0 Å². The minimum atomic E-state index is -4.60. The SMILES string of the molecule is CCOC(=O)c1ccc(C(F)(F)F)nc1COC(C)OC. The van der Waals surface area contributed by atoms with Crippen LogP contribution in [-0.2, 0) is 27.0 Å². The highest BCUT2D eigenvalue weighted by atomic mass is 19.4. The summed E-state index contributed by atoms with van der Waals surface area (Å²) in [6.07, 6.45) is -5.24. The van der Waals surface area contributed by atoms with Crippen molar-refractivity contribution < 1.29 is 32.2 Å². The van der Waals surface area contributed by atoms with Crippen molar-refractivity contribution in [2.24, 2.45) is 0 Å². The zero-order chi connectivity index (χ0) is 16.0. The van der Waals surface area contributed by atoms with Gasteiger partial charge in [0.15, 0.2) is 6.29 Å². The number of rotatable bonds is 6. The molecule has 118 valence electrons. The van der Waals surface area contributed by atoms with Crippen LogP contribution in [0.5, 0.6) is 0 Å². The average molecular weight is 307 g/mol. The molecule has 0 aliphatic heterocycles. The van der Waals surface area contributed by atoms with Gasteiger partial charge in [0, 0.05) is 7.11 Å². The van der Waals surface area contributed by atoms with Crippen molar-refractivity contribution in [3.8, 4) is 0 Å². The van der Waals surface area contributed by atoms with Crippen LogP contribution in [0.15, 0.2) is 12.1 Å². The molecule has 21 heavy (non-hydrogen) atoms. The number of carbonyl (C=O) groups excluding carboxylic acids is 1. The number of ether oxygens (including phenoxy) is 3. The highest BCUT2D eigenvalue weighted by molar-refractivity contribution is 5.90. The summed E-state index contributed by atoms with van der Waals surface area (Å²) in [6, 6.07) is 1.76. The summed E-state index contributed by atoms with van der Waals surface area (Å²) in [7, 11) is 1.39. The predicted octanol–water partition coefficient (Wildman–Crippen LogP) is 2.79. The van der Waals surface area contributed by atoms with Crippen molar-refractivity contribution in [2.75, 3.05) is 13.7 Å². The molecule has 0 bridgehead atoms. The maximum Gasteiger partial charge on any atom is 0.433 e. The van der Waals surface area contributed by atoms with Crippen LogP contribution >= 0.6 is 0 Å². The van der Waals surface area contributed by atoms with E-state index in [1.54, 1.807) is 13.8 Å². The van der Waals surface area contributed by atoms with Crippen molar-refractivity contribution in [1.82, 2.24) is 4.98 Å². The third kappa shape index (κ3) is 4.98. The Kier molecular flexibility index (Phi) is 6.10. The largest absolute Gasteiger partial charge is 0.462 e. The molecule has 5 nitrogen and oxygen atoms in total. The van der Waals surface area contributed by atoms with E-state index in [1.165, 1.54) is 7.11 Å². The molecule has 1 atom stereocenters. The molecule has 1 heterocycles. The summed E-state index contributed by atoms with van der Waals surface area (Å²) in [5.41, 5.74) is -1.31. The smallest absolute Gasteiger partial charge is 0.433 e. The fourth-order valence-electron chi connectivity index (χ4n) is 1.43. The fraction of sp³-hybridized carbons (Fsp3) is 0.538. The molecule has 1 aromatic rings. The van der Waals surface area contributed by atoms with Gasteiger partial charge in [-0.05, 0) is 26.0 Å². The molecular weight excluding hydrogens is 291 g/mol. The standard InChI is InChI=1S/C13H16F3NO4/c1-4-20-12(18)9-5-6-11(13(14,15)16)17-10(9)7-21-8(2)19-3/h5-6,8H,4,7H2,1-3H3. The third-order valence-electron chi connectivity index (χ3n) is 2.55. The molecule has 0 aromatic carbocycles. The van der Waals surface area contributed by atoms with Crippen molar-refractivity contribution in [3.63, 3.8) is 0 Å². The van der Waals surface area contributed by atoms with Gasteiger partial charge in [-0.1, -0.05) is 0 Å². The van der Waals surface area contributed by atoms with E-state index in [-0.39, 0.29) is 24.5 Å². The Bertz CT molecular complexity index is 491. The summed E-state index contributed by atoms with van der Waals surface area (Å²) in [6.45, 7) is 2.97. The lowest BCUT2D eigenvalue weighted by molar-refractivity contribution is -0.142. The first-order chi connectivity index (χ1) is 9.79. The number of halogens is 3. The average Bonchev–Trinajstić information content (AvgIpc) is 2.43. The summed E-state index contributed by atoms with van der Waals surface area (Å²) in [5.74, 6) is -0.748. The van der Waals surface area contributed by atoms with E-state index in [9.17, 15) is 18.0 Å². The number of aromatic nitrogens is 1. The van der Waals surface area contributed by atoms with Gasteiger partial charge in [-0.2, -0.15) is 13.2 Å². The highest BCUT2D eigenvalue weighted by Crippen LogP contribution is 2.28. The van der Waals surface area contributed by atoms with Gasteiger partial charge in [0.2, 0.25) is 0 Å². The van der Waals surface area contributed by atoms with Crippen LogP contribution in [0.3, 0.4) is 0 Å². The summed E-state index contributed by atoms with van der Waals surface area (Å²) < 4.78 is 52.8. The van der Waals surface area contributed by atoms with Crippen LogP contribution in [0.4, 0.5) is 13.2 Å². The van der Waals surface area contributed by atoms with Crippen LogP contribution in [0.25, 0.3) is 0 Å². The minimum Gasteiger partial charge on any atom is -0.462 e. The second-order valence-corrected chi connectivity index (χ2v) is 4.02. The Morgan fingerprint density at radius 2 is 2.05 bits per heavy atom. The molecule has 0 radical (unpaired) electrons. The van der Waals surface area contributed by atoms with Gasteiger partial charge in [-0.25, -0.2) is 9.78 Å². The highest BCUT2D eigenvalue weighted by Gasteiger charge is 2.33. The monoisotopic (exact) mass is 307 g/mol. The van der Waals surface area contributed by atoms with E-state index < -0.39 is 24.1 Å². The fourth-order valence-corrected chi connectivity index (χ4v) is 1.43. The third-order valence-corrected chi connectivity index (χ3v) is 2.55. The second-order valence-electron chi connectivity index (χ2n) is 4.02. The number of methoxy groups -OCH3 is 1. The zero-order valence-corrected chi connectivity index (χ0v) is 11.9. The maximum absolute atomic E-state index is 12.7. The topological polar surface area (TPSA) is 57.7 Å². The van der Waals surface area contributed by atoms with Gasteiger partial charge in [-0.3, -0.25) is 0 Å². The predicted molar refractivity (Wildman–Crippen MR) is 66.5 cm³/mol. The van der Waals surface area contributed by atoms with E-state index >= 15 is 0 Å². The number of nitrogens with zero attached hydrogens (tertiary/aromatic N) is 1. The molecule has 1 unspecified atom stereocenters. The van der Waals surface area contributed by atoms with Gasteiger partial charge in [0.1, 0.15) is 5.69 Å². The zero-order valence-electron chi connectivity index (χ0n) is 11.9. The molecule has 0 amide bonds. The number of esters is 1. The number of alkyl halides is 3. The molecule has 0 aliphatic rings. The lowest BCUT2D eigenvalue weighted by Gasteiger charge is -2.14. The minimum absolute atomic E-state index is 0.0619. The van der Waals surface area contributed by atoms with Crippen molar-refractivity contribution in [3.05, 3.63) is 29.1 Å². The summed E-state index contributed by atoms with van der Waals surface area (Å²) >= 11 is 0. The molecule has 0 spiro atoms. The normalized spacial score (nSPS) is 13.0. The van der Waals surface area contributed by atoms with Crippen LogP contribution in [-0.4, -0.2) is 31.0 Å². The van der Waals surface area contributed by atoms with E-state index in [4.69, 9.17) is 14.2 Å². The lowest BCUT2D eigenvalue weighted by Crippen LogP contribution is -2.17. The first-order valence-electron chi connectivity index (χ1n) is 6.18. The van der Waals surface area contributed by atoms with Crippen LogP contribution in [0.1, 0.15) is 35.6 Å². The van der Waals surface area contributed by atoms with Crippen LogP contribution < -0.4 is 0 Å². The first kappa shape index (κ1) is 17.4. The number of hydrogen-bond acceptors (Lipinski definition) is 5. The Hall–Kier alpha value is -1.67.